The molecule has 2 heterocycles. The summed E-state index contributed by atoms with van der Waals surface area (Å²) in [4.78, 5) is 4.42. The van der Waals surface area contributed by atoms with E-state index in [0.717, 1.165) is 30.0 Å². The van der Waals surface area contributed by atoms with E-state index >= 15 is 0 Å². The predicted octanol–water partition coefficient (Wildman–Crippen LogP) is 2.65. The maximum atomic E-state index is 4.42. The van der Waals surface area contributed by atoms with Crippen LogP contribution in [0.5, 0.6) is 0 Å². The number of hydrogen-bond acceptors (Lipinski definition) is 3. The molecule has 0 bridgehead atoms. The molecule has 4 heteroatoms. The average molecular weight is 228 g/mol. The van der Waals surface area contributed by atoms with Crippen molar-refractivity contribution in [2.45, 2.75) is 33.1 Å². The third-order valence-corrected chi connectivity index (χ3v) is 3.49. The van der Waals surface area contributed by atoms with Crippen LogP contribution in [0.4, 0.5) is 11.5 Å². The van der Waals surface area contributed by atoms with E-state index in [4.69, 9.17) is 0 Å². The Morgan fingerprint density at radius 3 is 2.94 bits per heavy atom. The summed E-state index contributed by atoms with van der Waals surface area (Å²) in [5, 5.41) is 10.7. The van der Waals surface area contributed by atoms with Gasteiger partial charge in [-0.2, -0.15) is 5.10 Å². The smallest absolute Gasteiger partial charge is 0.155 e. The second-order valence-electron chi connectivity index (χ2n) is 4.58. The molecule has 1 aliphatic rings. The van der Waals surface area contributed by atoms with Crippen molar-refractivity contribution in [2.24, 2.45) is 0 Å². The monoisotopic (exact) mass is 228 g/mol. The minimum absolute atomic E-state index is 0.919. The molecule has 0 fully saturated rings. The number of nitrogens with zero attached hydrogens (tertiary/aromatic N) is 2. The molecule has 17 heavy (non-hydrogen) atoms. The van der Waals surface area contributed by atoms with E-state index < -0.39 is 0 Å². The molecule has 0 saturated heterocycles. The van der Waals surface area contributed by atoms with E-state index in [1.54, 1.807) is 0 Å². The van der Waals surface area contributed by atoms with E-state index in [0.29, 0.717) is 0 Å². The first-order valence-corrected chi connectivity index (χ1v) is 6.01. The van der Waals surface area contributed by atoms with Crippen LogP contribution < -0.4 is 5.32 Å². The number of anilines is 2. The number of aromatic amines is 1. The Bertz CT molecular complexity index is 557. The van der Waals surface area contributed by atoms with Crippen LogP contribution in [0.15, 0.2) is 12.3 Å². The second-order valence-corrected chi connectivity index (χ2v) is 4.58. The fourth-order valence-electron chi connectivity index (χ4n) is 2.31. The first-order chi connectivity index (χ1) is 8.25. The molecular formula is C13H16N4. The van der Waals surface area contributed by atoms with E-state index in [9.17, 15) is 0 Å². The van der Waals surface area contributed by atoms with Gasteiger partial charge in [-0.05, 0) is 44.7 Å². The van der Waals surface area contributed by atoms with Gasteiger partial charge in [-0.15, -0.1) is 0 Å². The summed E-state index contributed by atoms with van der Waals surface area (Å²) in [6.45, 7) is 4.10. The molecule has 4 nitrogen and oxygen atoms in total. The Labute approximate surface area is 100 Å². The van der Waals surface area contributed by atoms with Gasteiger partial charge in [0.2, 0.25) is 0 Å². The highest BCUT2D eigenvalue weighted by atomic mass is 15.2. The molecule has 2 aromatic heterocycles. The molecule has 0 radical (unpaired) electrons. The van der Waals surface area contributed by atoms with E-state index in [-0.39, 0.29) is 0 Å². The molecule has 0 aliphatic heterocycles. The number of H-pyrrole nitrogens is 1. The van der Waals surface area contributed by atoms with Gasteiger partial charge in [0.15, 0.2) is 5.82 Å². The Morgan fingerprint density at radius 2 is 2.18 bits per heavy atom. The van der Waals surface area contributed by atoms with Crippen molar-refractivity contribution in [1.82, 2.24) is 15.2 Å². The summed E-state index contributed by atoms with van der Waals surface area (Å²) in [7, 11) is 0. The third-order valence-electron chi connectivity index (χ3n) is 3.49. The van der Waals surface area contributed by atoms with Gasteiger partial charge in [0, 0.05) is 28.8 Å². The Hall–Kier alpha value is -1.84. The van der Waals surface area contributed by atoms with Crippen molar-refractivity contribution in [3.63, 3.8) is 0 Å². The van der Waals surface area contributed by atoms with Crippen molar-refractivity contribution in [1.29, 1.82) is 0 Å². The predicted molar refractivity (Wildman–Crippen MR) is 67.6 cm³/mol. The number of rotatable bonds is 2. The SMILES string of the molecule is Cc1[nH]nc(Nc2ccnc3c2CCC3)c1C. The Kier molecular flexibility index (Phi) is 2.35. The highest BCUT2D eigenvalue weighted by molar-refractivity contribution is 5.64. The van der Waals surface area contributed by atoms with E-state index in [1.807, 2.05) is 19.2 Å². The summed E-state index contributed by atoms with van der Waals surface area (Å²) in [6, 6.07) is 2.04. The average Bonchev–Trinajstić information content (AvgIpc) is 2.91. The van der Waals surface area contributed by atoms with Gasteiger partial charge < -0.3 is 5.32 Å². The van der Waals surface area contributed by atoms with Crippen LogP contribution in [0, 0.1) is 13.8 Å². The lowest BCUT2D eigenvalue weighted by Crippen LogP contribution is -1.98. The number of nitrogens with one attached hydrogen (secondary N) is 2. The van der Waals surface area contributed by atoms with Gasteiger partial charge in [0.25, 0.3) is 0 Å². The normalized spacial score (nSPS) is 13.8. The fraction of sp³-hybridized carbons (Fsp3) is 0.385. The molecule has 0 atom stereocenters. The van der Waals surface area contributed by atoms with Gasteiger partial charge >= 0.3 is 0 Å². The Morgan fingerprint density at radius 1 is 1.29 bits per heavy atom. The molecular weight excluding hydrogens is 212 g/mol. The van der Waals surface area contributed by atoms with Crippen LogP contribution in [0.25, 0.3) is 0 Å². The zero-order valence-corrected chi connectivity index (χ0v) is 10.2. The van der Waals surface area contributed by atoms with Gasteiger partial charge in [-0.1, -0.05) is 0 Å². The molecule has 0 spiro atoms. The summed E-state index contributed by atoms with van der Waals surface area (Å²) in [5.74, 6) is 0.919. The number of fused-ring (bicyclic) bond motifs is 1. The van der Waals surface area contributed by atoms with Crippen LogP contribution >= 0.6 is 0 Å². The van der Waals surface area contributed by atoms with Gasteiger partial charge in [0.1, 0.15) is 0 Å². The maximum absolute atomic E-state index is 4.42. The second kappa shape index (κ2) is 3.87. The maximum Gasteiger partial charge on any atom is 0.155 e. The van der Waals surface area contributed by atoms with Crippen molar-refractivity contribution >= 4 is 11.5 Å². The van der Waals surface area contributed by atoms with E-state index in [2.05, 4.69) is 27.4 Å². The van der Waals surface area contributed by atoms with Crippen LogP contribution in [-0.2, 0) is 12.8 Å². The van der Waals surface area contributed by atoms with Crippen molar-refractivity contribution in [3.05, 3.63) is 34.8 Å². The van der Waals surface area contributed by atoms with Gasteiger partial charge in [0.05, 0.1) is 0 Å². The molecule has 0 saturated carbocycles. The zero-order chi connectivity index (χ0) is 11.8. The Balaban J connectivity index is 1.96. The highest BCUT2D eigenvalue weighted by Crippen LogP contribution is 2.29. The summed E-state index contributed by atoms with van der Waals surface area (Å²) in [6.07, 6.45) is 5.30. The quantitative estimate of drug-likeness (QED) is 0.830. The first-order valence-electron chi connectivity index (χ1n) is 6.01. The minimum Gasteiger partial charge on any atom is -0.338 e. The zero-order valence-electron chi connectivity index (χ0n) is 10.2. The van der Waals surface area contributed by atoms with Gasteiger partial charge in [-0.3, -0.25) is 10.1 Å². The highest BCUT2D eigenvalue weighted by Gasteiger charge is 2.16. The first kappa shape index (κ1) is 10.3. The third kappa shape index (κ3) is 1.69. The van der Waals surface area contributed by atoms with Crippen molar-refractivity contribution < 1.29 is 0 Å². The van der Waals surface area contributed by atoms with Crippen molar-refractivity contribution in [3.8, 4) is 0 Å². The summed E-state index contributed by atoms with van der Waals surface area (Å²) >= 11 is 0. The van der Waals surface area contributed by atoms with Crippen LogP contribution in [0.2, 0.25) is 0 Å². The number of aromatic nitrogens is 3. The minimum atomic E-state index is 0.919. The number of aryl methyl sites for hydroxylation is 2. The van der Waals surface area contributed by atoms with Crippen molar-refractivity contribution in [2.75, 3.05) is 5.32 Å². The number of hydrogen-bond donors (Lipinski definition) is 2. The number of pyridine rings is 1. The molecule has 0 amide bonds. The lowest BCUT2D eigenvalue weighted by Gasteiger charge is -2.09. The van der Waals surface area contributed by atoms with Crippen LogP contribution in [0.1, 0.15) is 28.9 Å². The molecule has 2 aromatic rings. The lowest BCUT2D eigenvalue weighted by molar-refractivity contribution is 0.899. The molecule has 0 unspecified atom stereocenters. The summed E-state index contributed by atoms with van der Waals surface area (Å²) in [5.41, 5.74) is 6.03. The fourth-order valence-corrected chi connectivity index (χ4v) is 2.31. The lowest BCUT2D eigenvalue weighted by atomic mass is 10.2. The summed E-state index contributed by atoms with van der Waals surface area (Å²) < 4.78 is 0. The largest absolute Gasteiger partial charge is 0.338 e. The molecule has 1 aliphatic carbocycles. The standard InChI is InChI=1S/C13H16N4/c1-8-9(2)16-17-13(8)15-12-6-7-14-11-5-3-4-10(11)12/h6-7H,3-5H2,1-2H3,(H2,14,15,16,17). The molecule has 3 rings (SSSR count). The molecule has 88 valence electrons. The topological polar surface area (TPSA) is 53.6 Å². The van der Waals surface area contributed by atoms with E-state index in [1.165, 1.54) is 23.2 Å². The van der Waals surface area contributed by atoms with Crippen LogP contribution in [-0.4, -0.2) is 15.2 Å². The van der Waals surface area contributed by atoms with Gasteiger partial charge in [-0.25, -0.2) is 0 Å². The molecule has 0 aromatic carbocycles. The molecule has 2 N–H and O–H groups in total. The van der Waals surface area contributed by atoms with Crippen LogP contribution in [0.3, 0.4) is 0 Å².